The molecule has 0 aromatic rings. The number of likely N-dealkylation sites (N-methyl/N-ethyl adjacent to an activating group) is 1. The minimum absolute atomic E-state index is 0.843. The first-order valence-corrected chi connectivity index (χ1v) is 5.18. The van der Waals surface area contributed by atoms with Crippen LogP contribution in [0, 0.1) is 0 Å². The Labute approximate surface area is 83.4 Å². The molecule has 0 aliphatic carbocycles. The van der Waals surface area contributed by atoms with E-state index in [0.717, 1.165) is 18.9 Å². The molecule has 0 fully saturated rings. The van der Waals surface area contributed by atoms with Gasteiger partial charge in [-0.2, -0.15) is 0 Å². The number of hydrogen-bond acceptors (Lipinski definition) is 2. The quantitative estimate of drug-likeness (QED) is 0.528. The van der Waals surface area contributed by atoms with Crippen molar-refractivity contribution in [1.82, 2.24) is 4.90 Å². The highest BCUT2D eigenvalue weighted by atomic mass is 15.2. The number of nitrogens with zero attached hydrogens (tertiary/aromatic N) is 2. The number of hydrogen-bond donors (Lipinski definition) is 0. The van der Waals surface area contributed by atoms with Crippen molar-refractivity contribution in [3.8, 4) is 0 Å². The Morgan fingerprint density at radius 3 is 2.23 bits per heavy atom. The summed E-state index contributed by atoms with van der Waals surface area (Å²) < 4.78 is 0. The fourth-order valence-corrected chi connectivity index (χ4v) is 0.745. The molecule has 0 bridgehead atoms. The van der Waals surface area contributed by atoms with Gasteiger partial charge in [0.15, 0.2) is 0 Å². The molecule has 0 aromatic heterocycles. The Kier molecular flexibility index (Phi) is 12.7. The largest absolute Gasteiger partial charge is 0.360 e. The van der Waals surface area contributed by atoms with Crippen LogP contribution in [0.5, 0.6) is 0 Å². The standard InChI is InChI=1S/C7H12N2.2C2H6/c1-7-8-5-3-4-6-9(7)2;2*1-2/h3-4H,5-6H2,1-2H3;2*1-2H3. The molecule has 0 unspecified atom stereocenters. The van der Waals surface area contributed by atoms with E-state index in [-0.39, 0.29) is 0 Å². The van der Waals surface area contributed by atoms with E-state index in [4.69, 9.17) is 0 Å². The summed E-state index contributed by atoms with van der Waals surface area (Å²) in [4.78, 5) is 6.39. The Hall–Kier alpha value is -0.790. The highest BCUT2D eigenvalue weighted by Crippen LogP contribution is 1.93. The van der Waals surface area contributed by atoms with Crippen LogP contribution in [0.4, 0.5) is 0 Å². The molecule has 1 heterocycles. The Morgan fingerprint density at radius 1 is 1.15 bits per heavy atom. The molecule has 1 aliphatic heterocycles. The van der Waals surface area contributed by atoms with Crippen molar-refractivity contribution >= 4 is 5.84 Å². The van der Waals surface area contributed by atoms with Crippen molar-refractivity contribution in [2.24, 2.45) is 4.99 Å². The van der Waals surface area contributed by atoms with Gasteiger partial charge in [-0.05, 0) is 6.92 Å². The van der Waals surface area contributed by atoms with Crippen molar-refractivity contribution in [3.05, 3.63) is 12.2 Å². The molecule has 0 N–H and O–H groups in total. The van der Waals surface area contributed by atoms with Crippen LogP contribution in [0.2, 0.25) is 0 Å². The summed E-state index contributed by atoms with van der Waals surface area (Å²) in [5.41, 5.74) is 0. The molecular formula is C11H24N2. The first-order valence-electron chi connectivity index (χ1n) is 5.18. The van der Waals surface area contributed by atoms with Crippen molar-refractivity contribution < 1.29 is 0 Å². The first kappa shape index (κ1) is 14.7. The number of amidine groups is 1. The van der Waals surface area contributed by atoms with Gasteiger partial charge in [-0.3, -0.25) is 4.99 Å². The van der Waals surface area contributed by atoms with E-state index in [1.807, 2.05) is 34.6 Å². The summed E-state index contributed by atoms with van der Waals surface area (Å²) in [6.45, 7) is 11.9. The van der Waals surface area contributed by atoms with Gasteiger partial charge in [-0.1, -0.05) is 39.8 Å². The molecule has 2 nitrogen and oxygen atoms in total. The lowest BCUT2D eigenvalue weighted by Crippen LogP contribution is -2.23. The van der Waals surface area contributed by atoms with Crippen LogP contribution in [0.1, 0.15) is 34.6 Å². The molecule has 0 saturated carbocycles. The molecule has 1 rings (SSSR count). The van der Waals surface area contributed by atoms with Crippen LogP contribution in [-0.2, 0) is 0 Å². The molecule has 78 valence electrons. The molecule has 0 radical (unpaired) electrons. The van der Waals surface area contributed by atoms with Crippen LogP contribution >= 0.6 is 0 Å². The second-order valence-electron chi connectivity index (χ2n) is 2.24. The molecule has 2 heteroatoms. The second-order valence-corrected chi connectivity index (χ2v) is 2.24. The topological polar surface area (TPSA) is 15.6 Å². The van der Waals surface area contributed by atoms with Gasteiger partial charge >= 0.3 is 0 Å². The maximum atomic E-state index is 4.26. The van der Waals surface area contributed by atoms with Gasteiger partial charge < -0.3 is 4.90 Å². The van der Waals surface area contributed by atoms with Gasteiger partial charge in [0.2, 0.25) is 0 Å². The Bertz CT molecular complexity index is 148. The van der Waals surface area contributed by atoms with Crippen LogP contribution < -0.4 is 0 Å². The van der Waals surface area contributed by atoms with Gasteiger partial charge in [0, 0.05) is 13.6 Å². The summed E-state index contributed by atoms with van der Waals surface area (Å²) in [6, 6.07) is 0. The van der Waals surface area contributed by atoms with Gasteiger partial charge in [0.25, 0.3) is 0 Å². The number of rotatable bonds is 0. The van der Waals surface area contributed by atoms with E-state index in [2.05, 4.69) is 29.1 Å². The third-order valence-electron chi connectivity index (χ3n) is 1.52. The highest BCUT2D eigenvalue weighted by Gasteiger charge is 1.98. The minimum atomic E-state index is 0.843. The highest BCUT2D eigenvalue weighted by molar-refractivity contribution is 5.79. The lowest BCUT2D eigenvalue weighted by molar-refractivity contribution is 0.562. The van der Waals surface area contributed by atoms with Crippen molar-refractivity contribution in [3.63, 3.8) is 0 Å². The van der Waals surface area contributed by atoms with Crippen molar-refractivity contribution in [2.75, 3.05) is 20.1 Å². The van der Waals surface area contributed by atoms with Gasteiger partial charge in [-0.15, -0.1) is 0 Å². The average Bonchev–Trinajstić information content (AvgIpc) is 2.39. The van der Waals surface area contributed by atoms with Crippen LogP contribution in [-0.4, -0.2) is 30.9 Å². The maximum Gasteiger partial charge on any atom is 0.0961 e. The van der Waals surface area contributed by atoms with Crippen LogP contribution in [0.3, 0.4) is 0 Å². The molecular weight excluding hydrogens is 160 g/mol. The summed E-state index contributed by atoms with van der Waals surface area (Å²) in [6.07, 6.45) is 4.23. The molecule has 0 aromatic carbocycles. The van der Waals surface area contributed by atoms with E-state index in [0.29, 0.717) is 0 Å². The summed E-state index contributed by atoms with van der Waals surface area (Å²) >= 11 is 0. The van der Waals surface area contributed by atoms with E-state index < -0.39 is 0 Å². The van der Waals surface area contributed by atoms with E-state index in [9.17, 15) is 0 Å². The van der Waals surface area contributed by atoms with E-state index in [1.165, 1.54) is 0 Å². The third-order valence-corrected chi connectivity index (χ3v) is 1.52. The summed E-state index contributed by atoms with van der Waals surface area (Å²) in [5.74, 6) is 1.13. The van der Waals surface area contributed by atoms with Crippen molar-refractivity contribution in [2.45, 2.75) is 34.6 Å². The fraction of sp³-hybridized carbons (Fsp3) is 0.727. The number of aliphatic imine (C=N–C) groups is 1. The second kappa shape index (κ2) is 11.2. The lowest BCUT2D eigenvalue weighted by atomic mass is 10.5. The van der Waals surface area contributed by atoms with Crippen LogP contribution in [0.15, 0.2) is 17.1 Å². The molecule has 13 heavy (non-hydrogen) atoms. The zero-order chi connectivity index (χ0) is 10.7. The molecule has 0 saturated heterocycles. The fourth-order valence-electron chi connectivity index (χ4n) is 0.745. The zero-order valence-electron chi connectivity index (χ0n) is 9.96. The zero-order valence-corrected chi connectivity index (χ0v) is 9.96. The molecule has 0 atom stereocenters. The van der Waals surface area contributed by atoms with Crippen LogP contribution in [0.25, 0.3) is 0 Å². The van der Waals surface area contributed by atoms with E-state index in [1.54, 1.807) is 0 Å². The summed E-state index contributed by atoms with van der Waals surface area (Å²) in [7, 11) is 2.05. The molecule has 1 aliphatic rings. The smallest absolute Gasteiger partial charge is 0.0961 e. The predicted molar refractivity (Wildman–Crippen MR) is 62.4 cm³/mol. The van der Waals surface area contributed by atoms with Gasteiger partial charge in [0.05, 0.1) is 12.4 Å². The third kappa shape index (κ3) is 7.57. The normalized spacial score (nSPS) is 14.3. The van der Waals surface area contributed by atoms with Gasteiger partial charge in [-0.25, -0.2) is 0 Å². The van der Waals surface area contributed by atoms with Gasteiger partial charge in [0.1, 0.15) is 0 Å². The predicted octanol–water partition coefficient (Wildman–Crippen LogP) is 2.96. The molecule has 0 amide bonds. The Morgan fingerprint density at radius 2 is 1.69 bits per heavy atom. The first-order chi connectivity index (χ1) is 6.30. The maximum absolute atomic E-state index is 4.26. The monoisotopic (exact) mass is 184 g/mol. The summed E-state index contributed by atoms with van der Waals surface area (Å²) in [5, 5.41) is 0. The Balaban J connectivity index is 0. The molecule has 0 spiro atoms. The van der Waals surface area contributed by atoms with Crippen molar-refractivity contribution in [1.29, 1.82) is 0 Å². The SMILES string of the molecule is CC.CC.CC1=NCC=CCN1C. The lowest BCUT2D eigenvalue weighted by Gasteiger charge is -2.13. The average molecular weight is 184 g/mol. The minimum Gasteiger partial charge on any atom is -0.360 e. The van der Waals surface area contributed by atoms with E-state index >= 15 is 0 Å².